The zero-order valence-corrected chi connectivity index (χ0v) is 25.9. The van der Waals surface area contributed by atoms with Crippen LogP contribution in [-0.4, -0.2) is 39.5 Å². The number of halogens is 5. The van der Waals surface area contributed by atoms with Gasteiger partial charge in [-0.3, -0.25) is 9.59 Å². The number of nitrogens with zero attached hydrogens (tertiary/aromatic N) is 3. The van der Waals surface area contributed by atoms with Gasteiger partial charge >= 0.3 is 6.18 Å². The maximum Gasteiger partial charge on any atom is 0.416 e. The zero-order chi connectivity index (χ0) is 33.8. The van der Waals surface area contributed by atoms with Crippen molar-refractivity contribution in [2.75, 3.05) is 13.1 Å². The first-order valence-corrected chi connectivity index (χ1v) is 15.8. The molecule has 6 nitrogen and oxygen atoms in total. The average molecular weight is 661 g/mol. The van der Waals surface area contributed by atoms with E-state index in [1.54, 1.807) is 22.9 Å². The van der Waals surface area contributed by atoms with E-state index in [0.29, 0.717) is 28.8 Å². The Kier molecular flexibility index (Phi) is 9.68. The molecule has 48 heavy (non-hydrogen) atoms. The van der Waals surface area contributed by atoms with Crippen LogP contribution in [-0.2, 0) is 36.9 Å². The second-order valence-corrected chi connectivity index (χ2v) is 11.9. The summed E-state index contributed by atoms with van der Waals surface area (Å²) in [6.07, 6.45) is -1.10. The third kappa shape index (κ3) is 7.31. The van der Waals surface area contributed by atoms with Gasteiger partial charge in [0.1, 0.15) is 12.2 Å². The summed E-state index contributed by atoms with van der Waals surface area (Å²) in [6.45, 7) is 1.66. The smallest absolute Gasteiger partial charge is 0.334 e. The Labute approximate surface area is 273 Å². The quantitative estimate of drug-likeness (QED) is 0.174. The number of amides is 1. The molecular formula is C37H33F5N4O2. The van der Waals surface area contributed by atoms with Crippen molar-refractivity contribution in [1.29, 1.82) is 0 Å². The van der Waals surface area contributed by atoms with Crippen LogP contribution in [0.25, 0.3) is 22.2 Å². The summed E-state index contributed by atoms with van der Waals surface area (Å²) in [5.74, 6) is -2.09. The Balaban J connectivity index is 1.28. The molecule has 1 aliphatic rings. The van der Waals surface area contributed by atoms with E-state index in [4.69, 9.17) is 0 Å². The van der Waals surface area contributed by atoms with Crippen LogP contribution in [0.3, 0.4) is 0 Å². The van der Waals surface area contributed by atoms with E-state index in [0.717, 1.165) is 55.3 Å². The molecule has 5 aromatic rings. The molecule has 2 aromatic heterocycles. The average Bonchev–Trinajstić information content (AvgIpc) is 3.09. The number of aromatic nitrogens is 2. The molecule has 1 amide bonds. The van der Waals surface area contributed by atoms with Crippen molar-refractivity contribution in [3.8, 4) is 11.1 Å². The van der Waals surface area contributed by atoms with Gasteiger partial charge in [-0.1, -0.05) is 48.5 Å². The normalized spacial score (nSPS) is 13.9. The van der Waals surface area contributed by atoms with Crippen molar-refractivity contribution in [3.63, 3.8) is 0 Å². The molecule has 0 spiro atoms. The molecule has 0 saturated carbocycles. The lowest BCUT2D eigenvalue weighted by Gasteiger charge is -2.35. The number of alkyl halides is 3. The highest BCUT2D eigenvalue weighted by molar-refractivity contribution is 5.81. The Bertz CT molecular complexity index is 1970. The van der Waals surface area contributed by atoms with Gasteiger partial charge in [0.2, 0.25) is 5.91 Å². The first-order valence-electron chi connectivity index (χ1n) is 15.8. The fourth-order valence-electron chi connectivity index (χ4n) is 6.25. The summed E-state index contributed by atoms with van der Waals surface area (Å²) in [4.78, 5) is 33.6. The molecule has 3 heterocycles. The summed E-state index contributed by atoms with van der Waals surface area (Å²) in [7, 11) is 0. The first kappa shape index (κ1) is 33.0. The predicted octanol–water partition coefficient (Wildman–Crippen LogP) is 6.93. The largest absolute Gasteiger partial charge is 0.416 e. The van der Waals surface area contributed by atoms with Crippen LogP contribution in [0.2, 0.25) is 0 Å². The number of carbonyl (C=O) groups excluding carboxylic acids is 1. The summed E-state index contributed by atoms with van der Waals surface area (Å²) in [5, 5.41) is 3.67. The van der Waals surface area contributed by atoms with Crippen molar-refractivity contribution in [2.24, 2.45) is 0 Å². The minimum Gasteiger partial charge on any atom is -0.334 e. The SMILES string of the molecule is O=C(Cn1c(CCc2cccc(F)c2F)cc(=O)c2cccnc21)N(Cc1ccc(-c2ccc(C(F)(F)F)cc2)cc1)C1CCNCC1. The van der Waals surface area contributed by atoms with Crippen LogP contribution in [0.1, 0.15) is 35.2 Å². The van der Waals surface area contributed by atoms with Gasteiger partial charge in [-0.25, -0.2) is 13.8 Å². The number of hydrogen-bond acceptors (Lipinski definition) is 4. The monoisotopic (exact) mass is 660 g/mol. The molecule has 248 valence electrons. The molecule has 6 rings (SSSR count). The third-order valence-electron chi connectivity index (χ3n) is 8.85. The lowest BCUT2D eigenvalue weighted by atomic mass is 10.0. The highest BCUT2D eigenvalue weighted by Crippen LogP contribution is 2.31. The predicted molar refractivity (Wildman–Crippen MR) is 173 cm³/mol. The van der Waals surface area contributed by atoms with Crippen molar-refractivity contribution in [3.05, 3.63) is 135 Å². The first-order chi connectivity index (χ1) is 23.1. The molecule has 0 unspecified atom stereocenters. The van der Waals surface area contributed by atoms with Crippen molar-refractivity contribution in [1.82, 2.24) is 19.8 Å². The lowest BCUT2D eigenvalue weighted by Crippen LogP contribution is -2.47. The molecule has 0 radical (unpaired) electrons. The van der Waals surface area contributed by atoms with Crippen molar-refractivity contribution < 1.29 is 26.7 Å². The summed E-state index contributed by atoms with van der Waals surface area (Å²) >= 11 is 0. The molecule has 1 fully saturated rings. The second kappa shape index (κ2) is 14.1. The Hall–Kier alpha value is -4.90. The maximum absolute atomic E-state index is 14.5. The van der Waals surface area contributed by atoms with E-state index in [1.165, 1.54) is 30.3 Å². The number of pyridine rings is 2. The van der Waals surface area contributed by atoms with Crippen molar-refractivity contribution >= 4 is 16.9 Å². The van der Waals surface area contributed by atoms with Gasteiger partial charge in [-0.15, -0.1) is 0 Å². The Morgan fingerprint density at radius 2 is 1.58 bits per heavy atom. The van der Waals surface area contributed by atoms with Gasteiger partial charge in [0.25, 0.3) is 0 Å². The lowest BCUT2D eigenvalue weighted by molar-refractivity contribution is -0.137. The molecule has 0 atom stereocenters. The van der Waals surface area contributed by atoms with Crippen LogP contribution in [0.5, 0.6) is 0 Å². The van der Waals surface area contributed by atoms with E-state index in [9.17, 15) is 31.5 Å². The fourth-order valence-corrected chi connectivity index (χ4v) is 6.25. The highest BCUT2D eigenvalue weighted by Gasteiger charge is 2.30. The van der Waals surface area contributed by atoms with E-state index < -0.39 is 23.4 Å². The second-order valence-electron chi connectivity index (χ2n) is 11.9. The number of fused-ring (bicyclic) bond motifs is 1. The van der Waals surface area contributed by atoms with Gasteiger partial charge < -0.3 is 14.8 Å². The van der Waals surface area contributed by atoms with Gasteiger partial charge in [-0.05, 0) is 91.4 Å². The number of aryl methyl sites for hydroxylation is 2. The number of rotatable bonds is 9. The standard InChI is InChI=1S/C37H33F5N4O2/c38-32-5-1-3-27(35(32)39)12-15-30-21-33(47)31-4-2-18-44-36(31)46(30)23-34(48)45(29-16-19-43-20-17-29)22-24-6-8-25(9-7-24)26-10-13-28(14-11-26)37(40,41)42/h1-11,13-14,18,21,29,43H,12,15-17,19-20,22-23H2. The van der Waals surface area contributed by atoms with E-state index >= 15 is 0 Å². The van der Waals surface area contributed by atoms with Gasteiger partial charge in [0.05, 0.1) is 10.9 Å². The molecule has 0 bridgehead atoms. The molecule has 3 aromatic carbocycles. The van der Waals surface area contributed by atoms with Crippen LogP contribution in [0.15, 0.2) is 95.9 Å². The number of nitrogens with one attached hydrogen (secondary N) is 1. The minimum absolute atomic E-state index is 0.0585. The number of carbonyl (C=O) groups is 1. The summed E-state index contributed by atoms with van der Waals surface area (Å²) in [5.41, 5.74) is 2.23. The molecule has 1 N–H and O–H groups in total. The number of piperidine rings is 1. The molecular weight excluding hydrogens is 627 g/mol. The Morgan fingerprint density at radius 1 is 0.896 bits per heavy atom. The van der Waals surface area contributed by atoms with E-state index in [1.807, 2.05) is 29.2 Å². The fraction of sp³-hybridized carbons (Fsp3) is 0.270. The number of benzene rings is 3. The van der Waals surface area contributed by atoms with Gasteiger partial charge in [0.15, 0.2) is 17.1 Å². The van der Waals surface area contributed by atoms with Crippen LogP contribution < -0.4 is 10.7 Å². The highest BCUT2D eigenvalue weighted by atomic mass is 19.4. The van der Waals surface area contributed by atoms with Crippen LogP contribution >= 0.6 is 0 Å². The Morgan fingerprint density at radius 3 is 2.27 bits per heavy atom. The summed E-state index contributed by atoms with van der Waals surface area (Å²) in [6, 6.07) is 21.0. The van der Waals surface area contributed by atoms with Crippen LogP contribution in [0.4, 0.5) is 22.0 Å². The van der Waals surface area contributed by atoms with E-state index in [2.05, 4.69) is 10.3 Å². The minimum atomic E-state index is -4.41. The number of hydrogen-bond donors (Lipinski definition) is 1. The van der Waals surface area contributed by atoms with Gasteiger partial charge in [-0.2, -0.15) is 13.2 Å². The van der Waals surface area contributed by atoms with Crippen LogP contribution in [0, 0.1) is 11.6 Å². The molecule has 0 aliphatic carbocycles. The van der Waals surface area contributed by atoms with Crippen molar-refractivity contribution in [2.45, 2.75) is 51.0 Å². The third-order valence-corrected chi connectivity index (χ3v) is 8.85. The molecule has 11 heteroatoms. The molecule has 1 saturated heterocycles. The van der Waals surface area contributed by atoms with Gasteiger partial charge in [0, 0.05) is 30.5 Å². The summed E-state index contributed by atoms with van der Waals surface area (Å²) < 4.78 is 69.2. The maximum atomic E-state index is 14.5. The topological polar surface area (TPSA) is 67.2 Å². The molecule has 1 aliphatic heterocycles. The zero-order valence-electron chi connectivity index (χ0n) is 25.9. The van der Waals surface area contributed by atoms with E-state index in [-0.39, 0.29) is 42.3 Å².